The molecule has 4 heteroatoms. The predicted octanol–water partition coefficient (Wildman–Crippen LogP) is 1.70. The average Bonchev–Trinajstić information content (AvgIpc) is 2.70. The van der Waals surface area contributed by atoms with Crippen molar-refractivity contribution in [2.45, 2.75) is 31.8 Å². The quantitative estimate of drug-likeness (QED) is 0.741. The average molecular weight is 238 g/mol. The molecule has 0 radical (unpaired) electrons. The summed E-state index contributed by atoms with van der Waals surface area (Å²) >= 11 is 1.66. The van der Waals surface area contributed by atoms with Crippen molar-refractivity contribution in [3.05, 3.63) is 35.0 Å². The van der Waals surface area contributed by atoms with Gasteiger partial charge in [0.2, 0.25) is 5.91 Å². The molecule has 0 aliphatic rings. The van der Waals surface area contributed by atoms with Crippen molar-refractivity contribution in [1.82, 2.24) is 5.32 Å². The number of amides is 1. The minimum Gasteiger partial charge on any atom is -0.352 e. The zero-order valence-corrected chi connectivity index (χ0v) is 10.3. The zero-order chi connectivity index (χ0) is 12.0. The summed E-state index contributed by atoms with van der Waals surface area (Å²) in [6.07, 6.45) is 3.01. The number of nitrogens with one attached hydrogen (secondary N) is 1. The normalized spacial score (nSPS) is 14.1. The Morgan fingerprint density at radius 1 is 1.75 bits per heavy atom. The fourth-order valence-electron chi connectivity index (χ4n) is 1.45. The first kappa shape index (κ1) is 12.9. The van der Waals surface area contributed by atoms with Crippen molar-refractivity contribution >= 4 is 17.2 Å². The van der Waals surface area contributed by atoms with Gasteiger partial charge >= 0.3 is 0 Å². The Balaban J connectivity index is 2.36. The second-order valence-electron chi connectivity index (χ2n) is 3.88. The lowest BCUT2D eigenvalue weighted by Gasteiger charge is -2.16. The minimum atomic E-state index is -0.484. The molecule has 1 rings (SSSR count). The third-order valence-corrected chi connectivity index (χ3v) is 3.00. The van der Waals surface area contributed by atoms with E-state index in [1.165, 1.54) is 5.56 Å². The van der Waals surface area contributed by atoms with Crippen LogP contribution in [-0.2, 0) is 11.2 Å². The zero-order valence-electron chi connectivity index (χ0n) is 9.48. The standard InChI is InChI=1S/C12H18N2OS/c1-3-4-11(13)12(15)14-9(2)7-10-5-6-16-8-10/h3,5-6,8-9,11H,1,4,7,13H2,2H3,(H,14,15). The molecule has 3 N–H and O–H groups in total. The van der Waals surface area contributed by atoms with Crippen LogP contribution in [0.2, 0.25) is 0 Å². The first-order valence-corrected chi connectivity index (χ1v) is 6.25. The molecule has 88 valence electrons. The maximum absolute atomic E-state index is 11.6. The van der Waals surface area contributed by atoms with Gasteiger partial charge in [-0.1, -0.05) is 6.08 Å². The van der Waals surface area contributed by atoms with Gasteiger partial charge < -0.3 is 11.1 Å². The number of nitrogens with two attached hydrogens (primary N) is 1. The molecule has 1 amide bonds. The molecule has 2 unspecified atom stereocenters. The van der Waals surface area contributed by atoms with Crippen molar-refractivity contribution in [3.8, 4) is 0 Å². The molecule has 0 aliphatic carbocycles. The molecule has 1 heterocycles. The topological polar surface area (TPSA) is 55.1 Å². The fourth-order valence-corrected chi connectivity index (χ4v) is 2.13. The van der Waals surface area contributed by atoms with E-state index in [0.29, 0.717) is 6.42 Å². The van der Waals surface area contributed by atoms with Crippen LogP contribution in [0.4, 0.5) is 0 Å². The molecule has 16 heavy (non-hydrogen) atoms. The molecule has 0 saturated heterocycles. The smallest absolute Gasteiger partial charge is 0.237 e. The van der Waals surface area contributed by atoms with Crippen LogP contribution in [0.5, 0.6) is 0 Å². The number of hydrogen-bond acceptors (Lipinski definition) is 3. The summed E-state index contributed by atoms with van der Waals surface area (Å²) in [6.45, 7) is 5.55. The van der Waals surface area contributed by atoms with E-state index < -0.39 is 6.04 Å². The third-order valence-electron chi connectivity index (χ3n) is 2.27. The molecule has 1 aromatic rings. The van der Waals surface area contributed by atoms with Crippen LogP contribution in [-0.4, -0.2) is 18.0 Å². The summed E-state index contributed by atoms with van der Waals surface area (Å²) < 4.78 is 0. The van der Waals surface area contributed by atoms with Crippen molar-refractivity contribution < 1.29 is 4.79 Å². The molecule has 3 nitrogen and oxygen atoms in total. The highest BCUT2D eigenvalue weighted by atomic mass is 32.1. The summed E-state index contributed by atoms with van der Waals surface area (Å²) in [6, 6.07) is 1.69. The molecule has 0 bridgehead atoms. The monoisotopic (exact) mass is 238 g/mol. The fraction of sp³-hybridized carbons (Fsp3) is 0.417. The van der Waals surface area contributed by atoms with E-state index in [9.17, 15) is 4.79 Å². The van der Waals surface area contributed by atoms with Gasteiger partial charge in [-0.3, -0.25) is 4.79 Å². The van der Waals surface area contributed by atoms with Crippen molar-refractivity contribution in [1.29, 1.82) is 0 Å². The van der Waals surface area contributed by atoms with Crippen LogP contribution in [0.3, 0.4) is 0 Å². The number of hydrogen-bond donors (Lipinski definition) is 2. The Labute approximate surface area is 100 Å². The van der Waals surface area contributed by atoms with Crippen LogP contribution in [0, 0.1) is 0 Å². The third kappa shape index (κ3) is 4.16. The van der Waals surface area contributed by atoms with Gasteiger partial charge in [-0.2, -0.15) is 11.3 Å². The summed E-state index contributed by atoms with van der Waals surface area (Å²) in [7, 11) is 0. The number of carbonyl (C=O) groups excluding carboxylic acids is 1. The molecular formula is C12H18N2OS. The van der Waals surface area contributed by atoms with Crippen molar-refractivity contribution in [2.24, 2.45) is 5.73 Å². The van der Waals surface area contributed by atoms with E-state index in [4.69, 9.17) is 5.73 Å². The Bertz CT molecular complexity index is 335. The first-order chi connectivity index (χ1) is 7.63. The number of rotatable bonds is 6. The minimum absolute atomic E-state index is 0.109. The predicted molar refractivity (Wildman–Crippen MR) is 68.4 cm³/mol. The number of carbonyl (C=O) groups is 1. The maximum Gasteiger partial charge on any atom is 0.237 e. The second kappa shape index (κ2) is 6.45. The van der Waals surface area contributed by atoms with Gasteiger partial charge in [-0.15, -0.1) is 6.58 Å². The molecule has 0 aromatic carbocycles. The highest BCUT2D eigenvalue weighted by Crippen LogP contribution is 2.08. The summed E-state index contributed by atoms with van der Waals surface area (Å²) in [5.74, 6) is -0.109. The van der Waals surface area contributed by atoms with E-state index in [2.05, 4.69) is 23.3 Å². The van der Waals surface area contributed by atoms with Crippen LogP contribution >= 0.6 is 11.3 Å². The first-order valence-electron chi connectivity index (χ1n) is 5.31. The molecule has 0 saturated carbocycles. The van der Waals surface area contributed by atoms with E-state index in [-0.39, 0.29) is 11.9 Å². The van der Waals surface area contributed by atoms with Gasteiger partial charge in [-0.05, 0) is 42.2 Å². The Hall–Kier alpha value is -1.13. The van der Waals surface area contributed by atoms with Crippen molar-refractivity contribution in [3.63, 3.8) is 0 Å². The van der Waals surface area contributed by atoms with Gasteiger partial charge in [0, 0.05) is 6.04 Å². The van der Waals surface area contributed by atoms with Crippen LogP contribution < -0.4 is 11.1 Å². The van der Waals surface area contributed by atoms with E-state index in [1.54, 1.807) is 17.4 Å². The van der Waals surface area contributed by atoms with E-state index in [1.807, 2.05) is 12.3 Å². The van der Waals surface area contributed by atoms with Crippen LogP contribution in [0.15, 0.2) is 29.5 Å². The lowest BCUT2D eigenvalue weighted by Crippen LogP contribution is -2.44. The molecule has 0 fully saturated rings. The molecule has 1 aromatic heterocycles. The van der Waals surface area contributed by atoms with Gasteiger partial charge in [0.05, 0.1) is 6.04 Å². The molecule has 0 spiro atoms. The van der Waals surface area contributed by atoms with Crippen LogP contribution in [0.1, 0.15) is 18.9 Å². The summed E-state index contributed by atoms with van der Waals surface area (Å²) in [4.78, 5) is 11.6. The largest absolute Gasteiger partial charge is 0.352 e. The summed E-state index contributed by atoms with van der Waals surface area (Å²) in [5.41, 5.74) is 6.91. The van der Waals surface area contributed by atoms with Gasteiger partial charge in [0.25, 0.3) is 0 Å². The highest BCUT2D eigenvalue weighted by molar-refractivity contribution is 7.07. The van der Waals surface area contributed by atoms with E-state index >= 15 is 0 Å². The summed E-state index contributed by atoms with van der Waals surface area (Å²) in [5, 5.41) is 7.02. The van der Waals surface area contributed by atoms with Gasteiger partial charge in [0.15, 0.2) is 0 Å². The second-order valence-corrected chi connectivity index (χ2v) is 4.66. The SMILES string of the molecule is C=CCC(N)C(=O)NC(C)Cc1ccsc1. The highest BCUT2D eigenvalue weighted by Gasteiger charge is 2.14. The molecule has 2 atom stereocenters. The Morgan fingerprint density at radius 3 is 3.06 bits per heavy atom. The van der Waals surface area contributed by atoms with Gasteiger partial charge in [0.1, 0.15) is 0 Å². The maximum atomic E-state index is 11.6. The Morgan fingerprint density at radius 2 is 2.50 bits per heavy atom. The Kier molecular flexibility index (Phi) is 5.22. The molecular weight excluding hydrogens is 220 g/mol. The lowest BCUT2D eigenvalue weighted by molar-refractivity contribution is -0.122. The molecule has 0 aliphatic heterocycles. The van der Waals surface area contributed by atoms with Gasteiger partial charge in [-0.25, -0.2) is 0 Å². The number of thiophene rings is 1. The lowest BCUT2D eigenvalue weighted by atomic mass is 10.1. The van der Waals surface area contributed by atoms with Crippen molar-refractivity contribution in [2.75, 3.05) is 0 Å². The van der Waals surface area contributed by atoms with Crippen LogP contribution in [0.25, 0.3) is 0 Å². The van der Waals surface area contributed by atoms with E-state index in [0.717, 1.165) is 6.42 Å².